The lowest BCUT2D eigenvalue weighted by atomic mass is 10.0. The Balaban J connectivity index is 1.84. The monoisotopic (exact) mass is 492 g/mol. The van der Waals surface area contributed by atoms with Gasteiger partial charge < -0.3 is 30.7 Å². The van der Waals surface area contributed by atoms with Crippen molar-refractivity contribution in [3.05, 3.63) is 12.2 Å². The van der Waals surface area contributed by atoms with Gasteiger partial charge in [0.1, 0.15) is 23.2 Å². The molecule has 1 aliphatic carbocycles. The minimum absolute atomic E-state index is 0.142. The summed E-state index contributed by atoms with van der Waals surface area (Å²) in [7, 11) is 0. The Morgan fingerprint density at radius 1 is 1.26 bits per heavy atom. The molecule has 0 radical (unpaired) electrons. The van der Waals surface area contributed by atoms with E-state index in [1.54, 1.807) is 27.7 Å². The molecule has 196 valence electrons. The zero-order valence-electron chi connectivity index (χ0n) is 21.3. The molecule has 1 saturated heterocycles. The maximum atomic E-state index is 13.6. The number of ether oxygens (including phenoxy) is 2. The number of rotatable bonds is 3. The maximum absolute atomic E-state index is 13.6. The highest BCUT2D eigenvalue weighted by Crippen LogP contribution is 2.46. The van der Waals surface area contributed by atoms with Crippen LogP contribution in [0.25, 0.3) is 0 Å². The Morgan fingerprint density at radius 3 is 2.69 bits per heavy atom. The molecule has 10 nitrogen and oxygen atoms in total. The van der Waals surface area contributed by atoms with Crippen molar-refractivity contribution in [2.24, 2.45) is 11.7 Å². The number of carbonyl (C=O) groups excluding carboxylic acids is 4. The molecule has 0 aromatic carbocycles. The Kier molecular flexibility index (Phi) is 8.46. The minimum atomic E-state index is -1.11. The third kappa shape index (κ3) is 6.74. The second-order valence-electron chi connectivity index (χ2n) is 10.8. The second-order valence-corrected chi connectivity index (χ2v) is 10.8. The number of alkyl carbamates (subject to hydrolysis) is 1. The normalized spacial score (nSPS) is 32.8. The first-order chi connectivity index (χ1) is 16.5. The average molecular weight is 493 g/mol. The van der Waals surface area contributed by atoms with Crippen molar-refractivity contribution in [1.29, 1.82) is 0 Å². The molecule has 2 fully saturated rings. The number of nitrogens with two attached hydrogens (primary N) is 1. The van der Waals surface area contributed by atoms with Gasteiger partial charge in [-0.15, -0.1) is 0 Å². The predicted molar refractivity (Wildman–Crippen MR) is 129 cm³/mol. The minimum Gasteiger partial charge on any atom is -0.464 e. The van der Waals surface area contributed by atoms with Crippen LogP contribution in [0.5, 0.6) is 0 Å². The molecule has 3 aliphatic rings. The first kappa shape index (κ1) is 27.0. The van der Waals surface area contributed by atoms with Gasteiger partial charge in [0.05, 0.1) is 6.61 Å². The van der Waals surface area contributed by atoms with Crippen molar-refractivity contribution in [1.82, 2.24) is 15.5 Å². The molecule has 0 bridgehead atoms. The van der Waals surface area contributed by atoms with E-state index in [0.29, 0.717) is 12.8 Å². The van der Waals surface area contributed by atoms with Gasteiger partial charge >= 0.3 is 12.1 Å². The highest BCUT2D eigenvalue weighted by Gasteiger charge is 2.62. The topological polar surface area (TPSA) is 140 Å². The van der Waals surface area contributed by atoms with Crippen LogP contribution in [-0.4, -0.2) is 71.2 Å². The van der Waals surface area contributed by atoms with Crippen molar-refractivity contribution < 1.29 is 28.7 Å². The van der Waals surface area contributed by atoms with Crippen molar-refractivity contribution in [3.8, 4) is 0 Å². The fraction of sp³-hybridized carbons (Fsp3) is 0.760. The SMILES string of the molecule is CCOC(=O)[C@@]12C[C@@H]1/C=C\CCCCC[C@H](NC(=O)OC(C)(C)C)C(=O)N1C[C@H](N)C[C@H]1C(=O)N2. The van der Waals surface area contributed by atoms with Crippen LogP contribution in [0.15, 0.2) is 12.2 Å². The molecule has 35 heavy (non-hydrogen) atoms. The molecule has 3 rings (SSSR count). The van der Waals surface area contributed by atoms with E-state index >= 15 is 0 Å². The molecule has 4 N–H and O–H groups in total. The van der Waals surface area contributed by atoms with Gasteiger partial charge in [-0.05, 0) is 59.8 Å². The molecular weight excluding hydrogens is 452 g/mol. The molecule has 10 heteroatoms. The van der Waals surface area contributed by atoms with E-state index in [1.807, 2.05) is 12.2 Å². The number of amides is 3. The lowest BCUT2D eigenvalue weighted by Gasteiger charge is -2.30. The van der Waals surface area contributed by atoms with Crippen LogP contribution in [-0.2, 0) is 23.9 Å². The van der Waals surface area contributed by atoms with E-state index in [9.17, 15) is 19.2 Å². The van der Waals surface area contributed by atoms with E-state index in [-0.39, 0.29) is 37.4 Å². The summed E-state index contributed by atoms with van der Waals surface area (Å²) in [4.78, 5) is 53.7. The first-order valence-electron chi connectivity index (χ1n) is 12.7. The quantitative estimate of drug-likeness (QED) is 0.403. The lowest BCUT2D eigenvalue weighted by Crippen LogP contribution is -2.56. The number of hydrogen-bond donors (Lipinski definition) is 3. The van der Waals surface area contributed by atoms with Gasteiger partial charge in [0, 0.05) is 18.5 Å². The third-order valence-corrected chi connectivity index (χ3v) is 6.64. The third-order valence-electron chi connectivity index (χ3n) is 6.64. The molecule has 0 aromatic rings. The number of allylic oxidation sites excluding steroid dienone is 1. The van der Waals surface area contributed by atoms with Gasteiger partial charge in [0.25, 0.3) is 0 Å². The highest BCUT2D eigenvalue weighted by molar-refractivity contribution is 5.96. The Hall–Kier alpha value is -2.62. The van der Waals surface area contributed by atoms with Crippen LogP contribution < -0.4 is 16.4 Å². The van der Waals surface area contributed by atoms with E-state index < -0.39 is 41.2 Å². The molecule has 1 saturated carbocycles. The van der Waals surface area contributed by atoms with Crippen molar-refractivity contribution >= 4 is 23.9 Å². The molecule has 2 heterocycles. The van der Waals surface area contributed by atoms with Crippen molar-refractivity contribution in [2.75, 3.05) is 13.2 Å². The summed E-state index contributed by atoms with van der Waals surface area (Å²) in [6.45, 7) is 7.39. The molecule has 0 aromatic heterocycles. The molecular formula is C25H40N4O6. The Morgan fingerprint density at radius 2 is 2.00 bits per heavy atom. The molecule has 3 amide bonds. The number of nitrogens with one attached hydrogen (secondary N) is 2. The largest absolute Gasteiger partial charge is 0.464 e. The Labute approximate surface area is 207 Å². The van der Waals surface area contributed by atoms with Gasteiger partial charge in [0.15, 0.2) is 0 Å². The standard InChI is InChI=1S/C25H40N4O6/c1-5-34-22(32)25-14-16(25)11-9-7-6-8-10-12-18(27-23(33)35-24(2,3)4)21(31)29-15-17(26)13-19(29)20(30)28-25/h9,11,16-19H,5-8,10,12-15,26H2,1-4H3,(H,27,33)(H,28,30)/b11-9-/t16-,17+,18-,19-,25+/m0/s1. The smallest absolute Gasteiger partial charge is 0.408 e. The van der Waals surface area contributed by atoms with E-state index in [1.165, 1.54) is 4.90 Å². The first-order valence-corrected chi connectivity index (χ1v) is 12.7. The lowest BCUT2D eigenvalue weighted by molar-refractivity contribution is -0.150. The van der Waals surface area contributed by atoms with Crippen LogP contribution in [0.4, 0.5) is 4.79 Å². The number of esters is 1. The number of hydrogen-bond acceptors (Lipinski definition) is 7. The summed E-state index contributed by atoms with van der Waals surface area (Å²) in [5, 5.41) is 5.60. The van der Waals surface area contributed by atoms with Crippen LogP contribution in [0, 0.1) is 5.92 Å². The zero-order chi connectivity index (χ0) is 25.8. The maximum Gasteiger partial charge on any atom is 0.408 e. The Bertz CT molecular complexity index is 853. The number of nitrogens with zero attached hydrogens (tertiary/aromatic N) is 1. The van der Waals surface area contributed by atoms with Crippen molar-refractivity contribution in [2.45, 2.75) is 102 Å². The number of carbonyl (C=O) groups is 4. The van der Waals surface area contributed by atoms with Gasteiger partial charge in [-0.1, -0.05) is 25.0 Å². The van der Waals surface area contributed by atoms with Gasteiger partial charge in [0.2, 0.25) is 11.8 Å². The number of fused-ring (bicyclic) bond motifs is 2. The predicted octanol–water partition coefficient (Wildman–Crippen LogP) is 1.77. The zero-order valence-corrected chi connectivity index (χ0v) is 21.3. The summed E-state index contributed by atoms with van der Waals surface area (Å²) in [6.07, 6.45) is 7.84. The van der Waals surface area contributed by atoms with Gasteiger partial charge in [-0.3, -0.25) is 9.59 Å². The van der Waals surface area contributed by atoms with Crippen LogP contribution in [0.2, 0.25) is 0 Å². The average Bonchev–Trinajstić information content (AvgIpc) is 3.30. The van der Waals surface area contributed by atoms with E-state index in [0.717, 1.165) is 25.7 Å². The summed E-state index contributed by atoms with van der Waals surface area (Å²) in [5.74, 6) is -1.40. The fourth-order valence-corrected chi connectivity index (χ4v) is 4.83. The van der Waals surface area contributed by atoms with Gasteiger partial charge in [-0.2, -0.15) is 0 Å². The second kappa shape index (κ2) is 11.0. The fourth-order valence-electron chi connectivity index (χ4n) is 4.83. The summed E-state index contributed by atoms with van der Waals surface area (Å²) in [6, 6.07) is -2.05. The van der Waals surface area contributed by atoms with Crippen LogP contribution >= 0.6 is 0 Å². The van der Waals surface area contributed by atoms with Crippen LogP contribution in [0.1, 0.15) is 72.6 Å². The van der Waals surface area contributed by atoms with Crippen LogP contribution in [0.3, 0.4) is 0 Å². The molecule has 0 spiro atoms. The van der Waals surface area contributed by atoms with E-state index in [2.05, 4.69) is 10.6 Å². The summed E-state index contributed by atoms with van der Waals surface area (Å²) in [5.41, 5.74) is 4.34. The molecule has 0 unspecified atom stereocenters. The summed E-state index contributed by atoms with van der Waals surface area (Å²) < 4.78 is 10.6. The molecule has 2 aliphatic heterocycles. The van der Waals surface area contributed by atoms with E-state index in [4.69, 9.17) is 15.2 Å². The molecule has 5 atom stereocenters. The summed E-state index contributed by atoms with van der Waals surface area (Å²) >= 11 is 0. The van der Waals surface area contributed by atoms with Crippen molar-refractivity contribution in [3.63, 3.8) is 0 Å². The highest BCUT2D eigenvalue weighted by atomic mass is 16.6. The van der Waals surface area contributed by atoms with Gasteiger partial charge in [-0.25, -0.2) is 9.59 Å².